The molecule has 0 N–H and O–H groups in total. The fourth-order valence-corrected chi connectivity index (χ4v) is 2.22. The molecule has 16 heavy (non-hydrogen) atoms. The maximum Gasteiger partial charge on any atom is 0.204 e. The van der Waals surface area contributed by atoms with Gasteiger partial charge >= 0.3 is 0 Å². The van der Waals surface area contributed by atoms with Crippen LogP contribution in [0.15, 0.2) is 35.7 Å². The normalized spacial score (nSPS) is 9.75. The van der Waals surface area contributed by atoms with Gasteiger partial charge in [0.15, 0.2) is 0 Å². The zero-order chi connectivity index (χ0) is 11.5. The second-order valence-electron chi connectivity index (χ2n) is 3.42. The molecule has 0 saturated heterocycles. The molecule has 0 aliphatic heterocycles. The van der Waals surface area contributed by atoms with Crippen LogP contribution in [0, 0.1) is 18.3 Å². The first kappa shape index (κ1) is 10.6. The van der Waals surface area contributed by atoms with Crippen molar-refractivity contribution in [2.75, 3.05) is 0 Å². The Morgan fingerprint density at radius 3 is 2.75 bits per heavy atom. The van der Waals surface area contributed by atoms with Crippen molar-refractivity contribution < 1.29 is 4.79 Å². The number of nitriles is 1. The Morgan fingerprint density at radius 1 is 1.31 bits per heavy atom. The quantitative estimate of drug-likeness (QED) is 0.739. The third-order valence-electron chi connectivity index (χ3n) is 2.37. The molecule has 2 aromatic rings. The van der Waals surface area contributed by atoms with E-state index in [0.29, 0.717) is 16.0 Å². The van der Waals surface area contributed by atoms with Crippen molar-refractivity contribution in [1.29, 1.82) is 5.26 Å². The van der Waals surface area contributed by atoms with Crippen molar-refractivity contribution >= 4 is 17.1 Å². The molecule has 3 heteroatoms. The zero-order valence-electron chi connectivity index (χ0n) is 8.73. The summed E-state index contributed by atoms with van der Waals surface area (Å²) in [5, 5.41) is 10.9. The Hall–Kier alpha value is -1.92. The van der Waals surface area contributed by atoms with Crippen molar-refractivity contribution in [3.63, 3.8) is 0 Å². The first-order chi connectivity index (χ1) is 7.74. The number of carbonyl (C=O) groups is 1. The van der Waals surface area contributed by atoms with Crippen molar-refractivity contribution in [3.8, 4) is 6.07 Å². The van der Waals surface area contributed by atoms with E-state index in [1.807, 2.05) is 24.4 Å². The van der Waals surface area contributed by atoms with Gasteiger partial charge in [-0.1, -0.05) is 18.2 Å². The highest BCUT2D eigenvalue weighted by Gasteiger charge is 2.15. The lowest BCUT2D eigenvalue weighted by Crippen LogP contribution is -2.03. The van der Waals surface area contributed by atoms with Gasteiger partial charge in [0.05, 0.1) is 10.4 Å². The average molecular weight is 227 g/mol. The van der Waals surface area contributed by atoms with Crippen LogP contribution in [-0.2, 0) is 0 Å². The molecule has 0 unspecified atom stereocenters. The van der Waals surface area contributed by atoms with Gasteiger partial charge in [-0.2, -0.15) is 5.26 Å². The number of thiophene rings is 1. The second kappa shape index (κ2) is 4.30. The monoisotopic (exact) mass is 227 g/mol. The minimum atomic E-state index is -0.0738. The summed E-state index contributed by atoms with van der Waals surface area (Å²) >= 11 is 1.39. The maximum atomic E-state index is 12.1. The van der Waals surface area contributed by atoms with Crippen LogP contribution in [0.2, 0.25) is 0 Å². The topological polar surface area (TPSA) is 40.9 Å². The van der Waals surface area contributed by atoms with Gasteiger partial charge in [0.2, 0.25) is 5.78 Å². The van der Waals surface area contributed by atoms with Crippen LogP contribution >= 0.6 is 11.3 Å². The summed E-state index contributed by atoms with van der Waals surface area (Å²) in [6.45, 7) is 1.84. The van der Waals surface area contributed by atoms with Gasteiger partial charge in [-0.15, -0.1) is 11.3 Å². The van der Waals surface area contributed by atoms with Crippen molar-refractivity contribution in [2.45, 2.75) is 6.92 Å². The lowest BCUT2D eigenvalue weighted by molar-refractivity contribution is 0.104. The summed E-state index contributed by atoms with van der Waals surface area (Å²) < 4.78 is 0. The summed E-state index contributed by atoms with van der Waals surface area (Å²) in [7, 11) is 0. The molecular weight excluding hydrogens is 218 g/mol. The molecule has 0 fully saturated rings. The fraction of sp³-hybridized carbons (Fsp3) is 0.0769. The van der Waals surface area contributed by atoms with E-state index in [1.54, 1.807) is 18.2 Å². The van der Waals surface area contributed by atoms with Crippen LogP contribution in [0.4, 0.5) is 0 Å². The SMILES string of the molecule is Cc1cccc(C(=O)c2cccs2)c1C#N. The van der Waals surface area contributed by atoms with Gasteiger partial charge in [0.1, 0.15) is 6.07 Å². The Balaban J connectivity index is 2.54. The lowest BCUT2D eigenvalue weighted by Gasteiger charge is -2.03. The lowest BCUT2D eigenvalue weighted by atomic mass is 9.99. The van der Waals surface area contributed by atoms with Gasteiger partial charge in [-0.25, -0.2) is 0 Å². The van der Waals surface area contributed by atoms with Crippen LogP contribution < -0.4 is 0 Å². The number of hydrogen-bond acceptors (Lipinski definition) is 3. The smallest absolute Gasteiger partial charge is 0.204 e. The van der Waals surface area contributed by atoms with Gasteiger partial charge in [-0.05, 0) is 30.0 Å². The highest BCUT2D eigenvalue weighted by atomic mass is 32.1. The molecule has 0 amide bonds. The zero-order valence-corrected chi connectivity index (χ0v) is 9.54. The molecule has 0 aliphatic rings. The Morgan fingerprint density at radius 2 is 2.12 bits per heavy atom. The molecule has 2 nitrogen and oxygen atoms in total. The molecule has 0 spiro atoms. The van der Waals surface area contributed by atoms with Crippen LogP contribution in [0.3, 0.4) is 0 Å². The number of carbonyl (C=O) groups excluding carboxylic acids is 1. The summed E-state index contributed by atoms with van der Waals surface area (Å²) in [5.74, 6) is -0.0738. The fourth-order valence-electron chi connectivity index (χ4n) is 1.55. The number of rotatable bonds is 2. The standard InChI is InChI=1S/C13H9NOS/c1-9-4-2-5-10(11(9)8-14)13(15)12-6-3-7-16-12/h2-7H,1H3. The van der Waals surface area contributed by atoms with Gasteiger partial charge < -0.3 is 0 Å². The summed E-state index contributed by atoms with van der Waals surface area (Å²) in [6.07, 6.45) is 0. The number of aryl methyl sites for hydroxylation is 1. The molecule has 0 radical (unpaired) electrons. The van der Waals surface area contributed by atoms with E-state index in [4.69, 9.17) is 5.26 Å². The highest BCUT2D eigenvalue weighted by molar-refractivity contribution is 7.12. The average Bonchev–Trinajstić information content (AvgIpc) is 2.81. The minimum Gasteiger partial charge on any atom is -0.288 e. The van der Waals surface area contributed by atoms with Crippen LogP contribution in [0.1, 0.15) is 26.4 Å². The largest absolute Gasteiger partial charge is 0.288 e. The van der Waals surface area contributed by atoms with E-state index in [1.165, 1.54) is 11.3 Å². The maximum absolute atomic E-state index is 12.1. The third-order valence-corrected chi connectivity index (χ3v) is 3.24. The summed E-state index contributed by atoms with van der Waals surface area (Å²) in [4.78, 5) is 12.8. The van der Waals surface area contributed by atoms with Crippen molar-refractivity contribution in [2.24, 2.45) is 0 Å². The van der Waals surface area contributed by atoms with E-state index < -0.39 is 0 Å². The molecular formula is C13H9NOS. The van der Waals surface area contributed by atoms with Crippen LogP contribution in [-0.4, -0.2) is 5.78 Å². The number of ketones is 1. The molecule has 78 valence electrons. The first-order valence-electron chi connectivity index (χ1n) is 4.82. The molecule has 0 atom stereocenters. The van der Waals surface area contributed by atoms with Gasteiger partial charge in [-0.3, -0.25) is 4.79 Å². The molecule has 1 aromatic heterocycles. The van der Waals surface area contributed by atoms with E-state index in [2.05, 4.69) is 6.07 Å². The summed E-state index contributed by atoms with van der Waals surface area (Å²) in [6, 6.07) is 11.0. The van der Waals surface area contributed by atoms with Crippen molar-refractivity contribution in [1.82, 2.24) is 0 Å². The highest BCUT2D eigenvalue weighted by Crippen LogP contribution is 2.19. The molecule has 0 aliphatic carbocycles. The number of benzene rings is 1. The van der Waals surface area contributed by atoms with E-state index in [0.717, 1.165) is 5.56 Å². The molecule has 0 bridgehead atoms. The second-order valence-corrected chi connectivity index (χ2v) is 4.36. The Bertz CT molecular complexity index is 564. The molecule has 1 aromatic carbocycles. The van der Waals surface area contributed by atoms with Gasteiger partial charge in [0, 0.05) is 5.56 Å². The molecule has 0 saturated carbocycles. The predicted molar refractivity (Wildman–Crippen MR) is 63.6 cm³/mol. The minimum absolute atomic E-state index is 0.0738. The van der Waals surface area contributed by atoms with Crippen molar-refractivity contribution in [3.05, 3.63) is 57.3 Å². The van der Waals surface area contributed by atoms with Crippen LogP contribution in [0.25, 0.3) is 0 Å². The third kappa shape index (κ3) is 1.75. The molecule has 1 heterocycles. The van der Waals surface area contributed by atoms with E-state index in [9.17, 15) is 4.79 Å². The van der Waals surface area contributed by atoms with Crippen LogP contribution in [0.5, 0.6) is 0 Å². The predicted octanol–water partition coefficient (Wildman–Crippen LogP) is 3.16. The Labute approximate surface area is 97.8 Å². The van der Waals surface area contributed by atoms with E-state index in [-0.39, 0.29) is 5.78 Å². The van der Waals surface area contributed by atoms with E-state index >= 15 is 0 Å². The Kier molecular flexibility index (Phi) is 2.84. The molecule has 2 rings (SSSR count). The number of nitrogens with zero attached hydrogens (tertiary/aromatic N) is 1. The van der Waals surface area contributed by atoms with Gasteiger partial charge in [0.25, 0.3) is 0 Å². The summed E-state index contributed by atoms with van der Waals surface area (Å²) in [5.41, 5.74) is 1.80. The number of hydrogen-bond donors (Lipinski definition) is 0. The first-order valence-corrected chi connectivity index (χ1v) is 5.70.